The standard InChI is InChI=1S/C14H18N4/c1-10-8-12(15)6-7-18(10)14-13-5-3-2-4-11(13)9-16-17-14/h2-5,9-10,12H,6-8,15H2,1H3. The molecular weight excluding hydrogens is 224 g/mol. The van der Waals surface area contributed by atoms with Gasteiger partial charge < -0.3 is 10.6 Å². The fourth-order valence-electron chi connectivity index (χ4n) is 2.75. The third kappa shape index (κ3) is 1.93. The molecule has 2 aromatic rings. The van der Waals surface area contributed by atoms with Crippen molar-refractivity contribution < 1.29 is 0 Å². The summed E-state index contributed by atoms with van der Waals surface area (Å²) in [7, 11) is 0. The summed E-state index contributed by atoms with van der Waals surface area (Å²) in [4.78, 5) is 2.33. The molecular formula is C14H18N4. The van der Waals surface area contributed by atoms with Crippen molar-refractivity contribution in [1.82, 2.24) is 10.2 Å². The van der Waals surface area contributed by atoms with Crippen LogP contribution in [0.25, 0.3) is 10.8 Å². The van der Waals surface area contributed by atoms with Crippen molar-refractivity contribution in [3.8, 4) is 0 Å². The third-order valence-corrected chi connectivity index (χ3v) is 3.74. The molecule has 4 nitrogen and oxygen atoms in total. The Labute approximate surface area is 107 Å². The predicted molar refractivity (Wildman–Crippen MR) is 73.6 cm³/mol. The van der Waals surface area contributed by atoms with Crippen LogP contribution in [-0.2, 0) is 0 Å². The highest BCUT2D eigenvalue weighted by molar-refractivity contribution is 5.91. The Kier molecular flexibility index (Phi) is 2.88. The first-order valence-corrected chi connectivity index (χ1v) is 6.48. The van der Waals surface area contributed by atoms with Crippen LogP contribution in [0.15, 0.2) is 30.5 Å². The molecule has 1 saturated heterocycles. The second kappa shape index (κ2) is 4.53. The van der Waals surface area contributed by atoms with E-state index >= 15 is 0 Å². The zero-order valence-electron chi connectivity index (χ0n) is 10.6. The fraction of sp³-hybridized carbons (Fsp3) is 0.429. The Morgan fingerprint density at radius 3 is 3.00 bits per heavy atom. The molecule has 18 heavy (non-hydrogen) atoms. The summed E-state index contributed by atoms with van der Waals surface area (Å²) >= 11 is 0. The van der Waals surface area contributed by atoms with Crippen LogP contribution < -0.4 is 10.6 Å². The van der Waals surface area contributed by atoms with Crippen molar-refractivity contribution in [1.29, 1.82) is 0 Å². The first-order valence-electron chi connectivity index (χ1n) is 6.48. The number of rotatable bonds is 1. The second-order valence-corrected chi connectivity index (χ2v) is 5.08. The van der Waals surface area contributed by atoms with Gasteiger partial charge in [-0.2, -0.15) is 5.10 Å². The van der Waals surface area contributed by atoms with Gasteiger partial charge in [0.25, 0.3) is 0 Å². The van der Waals surface area contributed by atoms with Gasteiger partial charge >= 0.3 is 0 Å². The summed E-state index contributed by atoms with van der Waals surface area (Å²) < 4.78 is 0. The van der Waals surface area contributed by atoms with Gasteiger partial charge in [0.2, 0.25) is 0 Å². The molecule has 2 atom stereocenters. The summed E-state index contributed by atoms with van der Waals surface area (Å²) in [6.07, 6.45) is 3.86. The van der Waals surface area contributed by atoms with E-state index in [0.717, 1.165) is 30.6 Å². The number of hydrogen-bond donors (Lipinski definition) is 1. The highest BCUT2D eigenvalue weighted by atomic mass is 15.3. The minimum Gasteiger partial charge on any atom is -0.352 e. The van der Waals surface area contributed by atoms with Gasteiger partial charge in [0.05, 0.1) is 6.20 Å². The SMILES string of the molecule is CC1CC(N)CCN1c1nncc2ccccc12. The van der Waals surface area contributed by atoms with Gasteiger partial charge in [-0.3, -0.25) is 0 Å². The number of aromatic nitrogens is 2. The highest BCUT2D eigenvalue weighted by Gasteiger charge is 2.25. The molecule has 2 heterocycles. The molecule has 0 saturated carbocycles. The third-order valence-electron chi connectivity index (χ3n) is 3.74. The van der Waals surface area contributed by atoms with E-state index in [1.807, 2.05) is 18.3 Å². The quantitative estimate of drug-likeness (QED) is 0.830. The lowest BCUT2D eigenvalue weighted by atomic mass is 9.98. The van der Waals surface area contributed by atoms with E-state index in [9.17, 15) is 0 Å². The van der Waals surface area contributed by atoms with E-state index in [4.69, 9.17) is 5.73 Å². The van der Waals surface area contributed by atoms with Gasteiger partial charge in [-0.25, -0.2) is 0 Å². The molecule has 2 N–H and O–H groups in total. The molecule has 1 aliphatic heterocycles. The first kappa shape index (κ1) is 11.4. The summed E-state index contributed by atoms with van der Waals surface area (Å²) in [5, 5.41) is 10.8. The lowest BCUT2D eigenvalue weighted by Crippen LogP contribution is -2.46. The molecule has 1 aromatic carbocycles. The van der Waals surface area contributed by atoms with Crippen molar-refractivity contribution in [2.24, 2.45) is 5.73 Å². The van der Waals surface area contributed by atoms with Gasteiger partial charge in [0.1, 0.15) is 0 Å². The fourth-order valence-corrected chi connectivity index (χ4v) is 2.75. The minimum absolute atomic E-state index is 0.319. The first-order chi connectivity index (χ1) is 8.75. The number of nitrogens with zero attached hydrogens (tertiary/aromatic N) is 3. The zero-order chi connectivity index (χ0) is 12.5. The van der Waals surface area contributed by atoms with Gasteiger partial charge in [0.15, 0.2) is 5.82 Å². The Balaban J connectivity index is 2.04. The van der Waals surface area contributed by atoms with Crippen LogP contribution in [-0.4, -0.2) is 28.8 Å². The molecule has 0 amide bonds. The molecule has 2 unspecified atom stereocenters. The minimum atomic E-state index is 0.319. The van der Waals surface area contributed by atoms with Crippen LogP contribution in [0.4, 0.5) is 5.82 Å². The monoisotopic (exact) mass is 242 g/mol. The number of benzene rings is 1. The van der Waals surface area contributed by atoms with E-state index in [1.165, 1.54) is 5.39 Å². The summed E-state index contributed by atoms with van der Waals surface area (Å²) in [5.74, 6) is 0.993. The maximum atomic E-state index is 6.02. The molecule has 0 radical (unpaired) electrons. The molecule has 4 heteroatoms. The van der Waals surface area contributed by atoms with Crippen molar-refractivity contribution in [3.63, 3.8) is 0 Å². The highest BCUT2D eigenvalue weighted by Crippen LogP contribution is 2.28. The van der Waals surface area contributed by atoms with Crippen LogP contribution in [0.3, 0.4) is 0 Å². The van der Waals surface area contributed by atoms with Crippen LogP contribution in [0, 0.1) is 0 Å². The van der Waals surface area contributed by atoms with E-state index in [2.05, 4.69) is 34.2 Å². The normalized spacial score (nSPS) is 24.4. The van der Waals surface area contributed by atoms with Crippen LogP contribution in [0.2, 0.25) is 0 Å². The van der Waals surface area contributed by atoms with E-state index in [1.54, 1.807) is 0 Å². The number of piperidine rings is 1. The van der Waals surface area contributed by atoms with Gasteiger partial charge in [-0.05, 0) is 19.8 Å². The lowest BCUT2D eigenvalue weighted by Gasteiger charge is -2.37. The van der Waals surface area contributed by atoms with Crippen molar-refractivity contribution in [2.75, 3.05) is 11.4 Å². The average molecular weight is 242 g/mol. The van der Waals surface area contributed by atoms with Gasteiger partial charge in [0, 0.05) is 29.4 Å². The zero-order valence-corrected chi connectivity index (χ0v) is 10.6. The Hall–Kier alpha value is -1.68. The molecule has 1 aliphatic rings. The van der Waals surface area contributed by atoms with Crippen molar-refractivity contribution in [2.45, 2.75) is 31.8 Å². The van der Waals surface area contributed by atoms with Crippen LogP contribution >= 0.6 is 0 Å². The lowest BCUT2D eigenvalue weighted by molar-refractivity contribution is 0.427. The number of fused-ring (bicyclic) bond motifs is 1. The molecule has 0 bridgehead atoms. The molecule has 3 rings (SSSR count). The molecule has 94 valence electrons. The molecule has 1 fully saturated rings. The predicted octanol–water partition coefficient (Wildman–Crippen LogP) is 1.95. The van der Waals surface area contributed by atoms with Crippen LogP contribution in [0.5, 0.6) is 0 Å². The Morgan fingerprint density at radius 2 is 2.17 bits per heavy atom. The van der Waals surface area contributed by atoms with Gasteiger partial charge in [-0.1, -0.05) is 24.3 Å². The van der Waals surface area contributed by atoms with E-state index in [0.29, 0.717) is 12.1 Å². The largest absolute Gasteiger partial charge is 0.352 e. The summed E-state index contributed by atoms with van der Waals surface area (Å²) in [6, 6.07) is 9.01. The summed E-state index contributed by atoms with van der Waals surface area (Å²) in [5.41, 5.74) is 6.02. The Bertz CT molecular complexity index is 549. The molecule has 0 spiro atoms. The topological polar surface area (TPSA) is 55.0 Å². The smallest absolute Gasteiger partial charge is 0.159 e. The van der Waals surface area contributed by atoms with Gasteiger partial charge in [-0.15, -0.1) is 5.10 Å². The number of hydrogen-bond acceptors (Lipinski definition) is 4. The molecule has 0 aliphatic carbocycles. The number of anilines is 1. The maximum Gasteiger partial charge on any atom is 0.159 e. The number of nitrogens with two attached hydrogens (primary N) is 1. The summed E-state index contributed by atoms with van der Waals surface area (Å²) in [6.45, 7) is 3.17. The van der Waals surface area contributed by atoms with E-state index in [-0.39, 0.29) is 0 Å². The van der Waals surface area contributed by atoms with E-state index < -0.39 is 0 Å². The Morgan fingerprint density at radius 1 is 1.33 bits per heavy atom. The van der Waals surface area contributed by atoms with Crippen molar-refractivity contribution >= 4 is 16.6 Å². The van der Waals surface area contributed by atoms with Crippen molar-refractivity contribution in [3.05, 3.63) is 30.5 Å². The molecule has 1 aromatic heterocycles. The average Bonchev–Trinajstić information content (AvgIpc) is 2.38. The maximum absolute atomic E-state index is 6.02. The second-order valence-electron chi connectivity index (χ2n) is 5.08. The van der Waals surface area contributed by atoms with Crippen LogP contribution in [0.1, 0.15) is 19.8 Å².